The number of hydrogen-bond acceptors (Lipinski definition) is 3. The SMILES string of the molecule is Cc1cc2cc(C3NC(=O)c4ccccc4N3)c(Cl)nc2cc1Cl. The Morgan fingerprint density at radius 2 is 1.88 bits per heavy atom. The normalized spacial score (nSPS) is 16.5. The van der Waals surface area contributed by atoms with Gasteiger partial charge in [0.2, 0.25) is 0 Å². The molecule has 0 bridgehead atoms. The molecule has 0 spiro atoms. The summed E-state index contributed by atoms with van der Waals surface area (Å²) in [6.07, 6.45) is -0.437. The number of aryl methyl sites for hydroxylation is 1. The fourth-order valence-corrected chi connectivity index (χ4v) is 3.28. The van der Waals surface area contributed by atoms with Crippen molar-refractivity contribution in [1.29, 1.82) is 0 Å². The number of rotatable bonds is 1. The fraction of sp³-hybridized carbons (Fsp3) is 0.111. The van der Waals surface area contributed by atoms with E-state index in [0.29, 0.717) is 21.3 Å². The zero-order valence-electron chi connectivity index (χ0n) is 12.7. The monoisotopic (exact) mass is 357 g/mol. The Labute approximate surface area is 148 Å². The van der Waals surface area contributed by atoms with E-state index in [1.54, 1.807) is 12.1 Å². The Hall–Kier alpha value is -2.30. The summed E-state index contributed by atoms with van der Waals surface area (Å²) in [5.41, 5.74) is 3.79. The smallest absolute Gasteiger partial charge is 0.255 e. The standard InChI is InChI=1S/C18H13Cl2N3O/c1-9-6-10-7-12(16(20)21-15(10)8-13(9)19)17-22-14-5-3-2-4-11(14)18(24)23-17/h2-8,17,22H,1H3,(H,23,24). The summed E-state index contributed by atoms with van der Waals surface area (Å²) >= 11 is 12.5. The number of pyridine rings is 1. The van der Waals surface area contributed by atoms with Gasteiger partial charge in [-0.25, -0.2) is 4.98 Å². The first-order valence-corrected chi connectivity index (χ1v) is 8.21. The highest BCUT2D eigenvalue weighted by atomic mass is 35.5. The van der Waals surface area contributed by atoms with Gasteiger partial charge in [0.05, 0.1) is 11.1 Å². The molecule has 4 rings (SSSR count). The average molecular weight is 358 g/mol. The van der Waals surface area contributed by atoms with E-state index in [2.05, 4.69) is 15.6 Å². The molecular weight excluding hydrogens is 345 g/mol. The maximum Gasteiger partial charge on any atom is 0.255 e. The van der Waals surface area contributed by atoms with Gasteiger partial charge in [-0.05, 0) is 42.8 Å². The van der Waals surface area contributed by atoms with Crippen molar-refractivity contribution in [2.75, 3.05) is 5.32 Å². The lowest BCUT2D eigenvalue weighted by molar-refractivity contribution is 0.0935. The first-order chi connectivity index (χ1) is 11.5. The van der Waals surface area contributed by atoms with Crippen LogP contribution in [-0.4, -0.2) is 10.9 Å². The second kappa shape index (κ2) is 5.65. The van der Waals surface area contributed by atoms with Crippen molar-refractivity contribution in [2.45, 2.75) is 13.1 Å². The Kier molecular flexibility index (Phi) is 3.59. The van der Waals surface area contributed by atoms with Crippen LogP contribution >= 0.6 is 23.2 Å². The van der Waals surface area contributed by atoms with Crippen LogP contribution in [-0.2, 0) is 0 Å². The summed E-state index contributed by atoms with van der Waals surface area (Å²) in [5.74, 6) is -0.141. The highest BCUT2D eigenvalue weighted by molar-refractivity contribution is 6.32. The third kappa shape index (κ3) is 2.48. The van der Waals surface area contributed by atoms with Crippen molar-refractivity contribution >= 4 is 45.7 Å². The van der Waals surface area contributed by atoms with Crippen molar-refractivity contribution in [3.05, 3.63) is 69.3 Å². The molecule has 1 aromatic heterocycles. The molecule has 4 nitrogen and oxygen atoms in total. The molecule has 1 aliphatic heterocycles. The van der Waals surface area contributed by atoms with Gasteiger partial charge in [0, 0.05) is 21.7 Å². The third-order valence-corrected chi connectivity index (χ3v) is 4.84. The molecule has 6 heteroatoms. The summed E-state index contributed by atoms with van der Waals surface area (Å²) in [6, 6.07) is 13.0. The number of nitrogens with one attached hydrogen (secondary N) is 2. The molecule has 2 heterocycles. The molecule has 0 aliphatic carbocycles. The van der Waals surface area contributed by atoms with Crippen LogP contribution in [0.25, 0.3) is 10.9 Å². The third-order valence-electron chi connectivity index (χ3n) is 4.13. The van der Waals surface area contributed by atoms with E-state index >= 15 is 0 Å². The van der Waals surface area contributed by atoms with Gasteiger partial charge in [0.1, 0.15) is 11.3 Å². The Bertz CT molecular complexity index is 987. The van der Waals surface area contributed by atoms with Gasteiger partial charge < -0.3 is 10.6 Å². The number of amides is 1. The first kappa shape index (κ1) is 15.2. The number of anilines is 1. The van der Waals surface area contributed by atoms with Gasteiger partial charge >= 0.3 is 0 Å². The molecule has 2 N–H and O–H groups in total. The number of halogens is 2. The summed E-state index contributed by atoms with van der Waals surface area (Å²) in [7, 11) is 0. The van der Waals surface area contributed by atoms with E-state index < -0.39 is 6.17 Å². The molecule has 0 saturated carbocycles. The minimum atomic E-state index is -0.437. The molecule has 24 heavy (non-hydrogen) atoms. The van der Waals surface area contributed by atoms with E-state index in [0.717, 1.165) is 22.2 Å². The van der Waals surface area contributed by atoms with Crippen LogP contribution in [0.4, 0.5) is 5.69 Å². The predicted molar refractivity (Wildman–Crippen MR) is 96.8 cm³/mol. The van der Waals surface area contributed by atoms with Crippen LogP contribution in [0.15, 0.2) is 42.5 Å². The number of carbonyl (C=O) groups is 1. The molecule has 0 saturated heterocycles. The predicted octanol–water partition coefficient (Wildman–Crippen LogP) is 4.70. The molecule has 1 amide bonds. The number of para-hydroxylation sites is 1. The van der Waals surface area contributed by atoms with Crippen LogP contribution in [0.1, 0.15) is 27.7 Å². The lowest BCUT2D eigenvalue weighted by Crippen LogP contribution is -2.38. The van der Waals surface area contributed by atoms with Crippen molar-refractivity contribution in [2.24, 2.45) is 0 Å². The van der Waals surface area contributed by atoms with Gasteiger partial charge in [-0.3, -0.25) is 4.79 Å². The minimum absolute atomic E-state index is 0.141. The second-order valence-corrected chi connectivity index (χ2v) is 6.52. The number of nitrogens with zero attached hydrogens (tertiary/aromatic N) is 1. The van der Waals surface area contributed by atoms with Crippen molar-refractivity contribution in [3.63, 3.8) is 0 Å². The molecule has 1 aliphatic rings. The number of fused-ring (bicyclic) bond motifs is 2. The van der Waals surface area contributed by atoms with Crippen molar-refractivity contribution < 1.29 is 4.79 Å². The maximum absolute atomic E-state index is 12.3. The second-order valence-electron chi connectivity index (χ2n) is 5.76. The summed E-state index contributed by atoms with van der Waals surface area (Å²) < 4.78 is 0. The minimum Gasteiger partial charge on any atom is -0.361 e. The summed E-state index contributed by atoms with van der Waals surface area (Å²) in [6.45, 7) is 1.94. The molecule has 1 atom stereocenters. The van der Waals surface area contributed by atoms with E-state index in [1.165, 1.54) is 0 Å². The molecule has 0 fully saturated rings. The number of hydrogen-bond donors (Lipinski definition) is 2. The first-order valence-electron chi connectivity index (χ1n) is 7.45. The summed E-state index contributed by atoms with van der Waals surface area (Å²) in [4.78, 5) is 16.7. The molecular formula is C18H13Cl2N3O. The molecule has 0 radical (unpaired) electrons. The van der Waals surface area contributed by atoms with E-state index in [-0.39, 0.29) is 5.91 Å². The Morgan fingerprint density at radius 3 is 2.71 bits per heavy atom. The topological polar surface area (TPSA) is 54.0 Å². The highest BCUT2D eigenvalue weighted by Crippen LogP contribution is 2.32. The van der Waals surface area contributed by atoms with E-state index in [1.807, 2.05) is 37.3 Å². The van der Waals surface area contributed by atoms with Gasteiger partial charge in [-0.2, -0.15) is 0 Å². The van der Waals surface area contributed by atoms with Crippen molar-refractivity contribution in [1.82, 2.24) is 10.3 Å². The number of aromatic nitrogens is 1. The number of carbonyl (C=O) groups excluding carboxylic acids is 1. The van der Waals surface area contributed by atoms with Crippen LogP contribution in [0.5, 0.6) is 0 Å². The largest absolute Gasteiger partial charge is 0.361 e. The van der Waals surface area contributed by atoms with Crippen LogP contribution in [0.3, 0.4) is 0 Å². The highest BCUT2D eigenvalue weighted by Gasteiger charge is 2.26. The fourth-order valence-electron chi connectivity index (χ4n) is 2.87. The lowest BCUT2D eigenvalue weighted by Gasteiger charge is -2.28. The molecule has 3 aromatic rings. The Balaban J connectivity index is 1.81. The van der Waals surface area contributed by atoms with E-state index in [9.17, 15) is 4.79 Å². The number of benzene rings is 2. The summed E-state index contributed by atoms with van der Waals surface area (Å²) in [5, 5.41) is 8.12. The van der Waals surface area contributed by atoms with Crippen LogP contribution < -0.4 is 10.6 Å². The zero-order chi connectivity index (χ0) is 16.8. The van der Waals surface area contributed by atoms with Crippen LogP contribution in [0.2, 0.25) is 10.2 Å². The van der Waals surface area contributed by atoms with Crippen LogP contribution in [0, 0.1) is 6.92 Å². The van der Waals surface area contributed by atoms with Gasteiger partial charge in [0.15, 0.2) is 0 Å². The van der Waals surface area contributed by atoms with Gasteiger partial charge in [-0.15, -0.1) is 0 Å². The zero-order valence-corrected chi connectivity index (χ0v) is 14.2. The Morgan fingerprint density at radius 1 is 1.08 bits per heavy atom. The van der Waals surface area contributed by atoms with E-state index in [4.69, 9.17) is 23.2 Å². The van der Waals surface area contributed by atoms with Gasteiger partial charge in [0.25, 0.3) is 5.91 Å². The van der Waals surface area contributed by atoms with Gasteiger partial charge in [-0.1, -0.05) is 35.3 Å². The maximum atomic E-state index is 12.3. The quantitative estimate of drug-likeness (QED) is 0.620. The molecule has 1 unspecified atom stereocenters. The molecule has 2 aromatic carbocycles. The van der Waals surface area contributed by atoms with Crippen molar-refractivity contribution in [3.8, 4) is 0 Å². The molecule has 120 valence electrons. The average Bonchev–Trinajstić information content (AvgIpc) is 2.56. The lowest BCUT2D eigenvalue weighted by atomic mass is 10.0.